The molecule has 0 unspecified atom stereocenters. The Balaban J connectivity index is 1.22. The van der Waals surface area contributed by atoms with Crippen molar-refractivity contribution >= 4 is 70.6 Å². The fraction of sp³-hybridized carbons (Fsp3) is 0.280. The maximum atomic E-state index is 12.5. The predicted molar refractivity (Wildman–Crippen MR) is 155 cm³/mol. The van der Waals surface area contributed by atoms with Crippen LogP contribution in [-0.2, 0) is 10.0 Å². The second-order valence-electron chi connectivity index (χ2n) is 8.77. The first kappa shape index (κ1) is 25.9. The zero-order chi connectivity index (χ0) is 25.8. The average molecular weight is 603 g/mol. The van der Waals surface area contributed by atoms with E-state index in [1.165, 1.54) is 5.69 Å². The van der Waals surface area contributed by atoms with Crippen molar-refractivity contribution in [1.82, 2.24) is 19.6 Å². The molecule has 1 saturated heterocycles. The molecule has 4 aromatic rings. The molecule has 2 aromatic heterocycles. The molecule has 0 saturated carbocycles. The van der Waals surface area contributed by atoms with E-state index in [2.05, 4.69) is 70.2 Å². The molecule has 0 atom stereocenters. The number of aromatic nitrogens is 2. The van der Waals surface area contributed by atoms with Gasteiger partial charge in [0.2, 0.25) is 16.0 Å². The lowest BCUT2D eigenvalue weighted by molar-refractivity contribution is 0.313. The number of piperazine rings is 1. The number of halogens is 1. The SMILES string of the molecule is CN1CCN(c2ccc(Nc3nc(NCCNS(=O)(=O)c4ccc(Br)cc4)c4sccc4n3)cc2)CC1. The number of fused-ring (bicyclic) bond motifs is 1. The van der Waals surface area contributed by atoms with Crippen LogP contribution in [0.4, 0.5) is 23.1 Å². The van der Waals surface area contributed by atoms with Crippen LogP contribution >= 0.6 is 27.3 Å². The van der Waals surface area contributed by atoms with Crippen molar-refractivity contribution in [2.24, 2.45) is 0 Å². The molecule has 5 rings (SSSR count). The Kier molecular flexibility index (Phi) is 7.91. The van der Waals surface area contributed by atoms with Gasteiger partial charge in [-0.2, -0.15) is 4.98 Å². The highest BCUT2D eigenvalue weighted by atomic mass is 79.9. The second-order valence-corrected chi connectivity index (χ2v) is 12.4. The number of thiophene rings is 1. The highest BCUT2D eigenvalue weighted by Gasteiger charge is 2.15. The minimum atomic E-state index is -3.59. The van der Waals surface area contributed by atoms with Crippen molar-refractivity contribution in [3.8, 4) is 0 Å². The average Bonchev–Trinajstić information content (AvgIpc) is 3.37. The van der Waals surface area contributed by atoms with E-state index in [9.17, 15) is 8.42 Å². The number of nitrogens with one attached hydrogen (secondary N) is 3. The minimum absolute atomic E-state index is 0.214. The van der Waals surface area contributed by atoms with Gasteiger partial charge in [0.15, 0.2) is 0 Å². The van der Waals surface area contributed by atoms with Crippen LogP contribution in [0.1, 0.15) is 0 Å². The lowest BCUT2D eigenvalue weighted by Gasteiger charge is -2.34. The molecular formula is C25H28BrN7O2S2. The first-order chi connectivity index (χ1) is 17.9. The topological polar surface area (TPSA) is 102 Å². The molecule has 3 N–H and O–H groups in total. The summed E-state index contributed by atoms with van der Waals surface area (Å²) >= 11 is 4.86. The summed E-state index contributed by atoms with van der Waals surface area (Å²) in [4.78, 5) is 14.3. The summed E-state index contributed by atoms with van der Waals surface area (Å²) in [5.41, 5.74) is 2.94. The van der Waals surface area contributed by atoms with Crippen LogP contribution < -0.4 is 20.3 Å². The van der Waals surface area contributed by atoms with Crippen LogP contribution in [0.3, 0.4) is 0 Å². The number of nitrogens with zero attached hydrogens (tertiary/aromatic N) is 4. The van der Waals surface area contributed by atoms with Crippen LogP contribution in [0, 0.1) is 0 Å². The van der Waals surface area contributed by atoms with Gasteiger partial charge in [-0.1, -0.05) is 15.9 Å². The van der Waals surface area contributed by atoms with Gasteiger partial charge in [-0.05, 0) is 67.0 Å². The third-order valence-corrected chi connectivity index (χ3v) is 9.04. The molecule has 9 nitrogen and oxygen atoms in total. The number of sulfonamides is 1. The van der Waals surface area contributed by atoms with E-state index >= 15 is 0 Å². The smallest absolute Gasteiger partial charge is 0.240 e. The Hall–Kier alpha value is -2.77. The van der Waals surface area contributed by atoms with Crippen LogP contribution in [0.2, 0.25) is 0 Å². The van der Waals surface area contributed by atoms with Crippen LogP contribution in [-0.4, -0.2) is 69.6 Å². The Morgan fingerprint density at radius 1 is 0.946 bits per heavy atom. The lowest BCUT2D eigenvalue weighted by atomic mass is 10.2. The van der Waals surface area contributed by atoms with E-state index in [-0.39, 0.29) is 11.4 Å². The Morgan fingerprint density at radius 2 is 1.68 bits per heavy atom. The van der Waals surface area contributed by atoms with Gasteiger partial charge in [0.1, 0.15) is 5.82 Å². The number of rotatable bonds is 9. The highest BCUT2D eigenvalue weighted by Crippen LogP contribution is 2.29. The Bertz CT molecular complexity index is 1450. The van der Waals surface area contributed by atoms with Gasteiger partial charge in [-0.25, -0.2) is 18.1 Å². The summed E-state index contributed by atoms with van der Waals surface area (Å²) < 4.78 is 29.4. The molecule has 1 aliphatic rings. The molecule has 37 heavy (non-hydrogen) atoms. The van der Waals surface area contributed by atoms with Crippen molar-refractivity contribution in [3.63, 3.8) is 0 Å². The molecule has 0 bridgehead atoms. The molecule has 3 heterocycles. The maximum Gasteiger partial charge on any atom is 0.240 e. The van der Waals surface area contributed by atoms with Gasteiger partial charge >= 0.3 is 0 Å². The van der Waals surface area contributed by atoms with E-state index in [0.717, 1.165) is 46.6 Å². The molecule has 1 aliphatic heterocycles. The Labute approximate surface area is 229 Å². The zero-order valence-corrected chi connectivity index (χ0v) is 23.5. The van der Waals surface area contributed by atoms with Crippen molar-refractivity contribution in [2.45, 2.75) is 4.90 Å². The molecule has 0 radical (unpaired) electrons. The number of benzene rings is 2. The largest absolute Gasteiger partial charge is 0.369 e. The quantitative estimate of drug-likeness (QED) is 0.243. The molecule has 0 spiro atoms. The zero-order valence-electron chi connectivity index (χ0n) is 20.3. The summed E-state index contributed by atoms with van der Waals surface area (Å²) in [5.74, 6) is 1.15. The van der Waals surface area contributed by atoms with Crippen molar-refractivity contribution in [1.29, 1.82) is 0 Å². The lowest BCUT2D eigenvalue weighted by Crippen LogP contribution is -2.44. The number of hydrogen-bond acceptors (Lipinski definition) is 9. The van der Waals surface area contributed by atoms with E-state index in [4.69, 9.17) is 0 Å². The first-order valence-corrected chi connectivity index (χ1v) is 15.1. The van der Waals surface area contributed by atoms with Gasteiger partial charge in [-0.3, -0.25) is 0 Å². The molecule has 1 fully saturated rings. The monoisotopic (exact) mass is 601 g/mol. The summed E-state index contributed by atoms with van der Waals surface area (Å²) in [6, 6.07) is 16.8. The summed E-state index contributed by atoms with van der Waals surface area (Å²) in [6.07, 6.45) is 0. The van der Waals surface area contributed by atoms with Gasteiger partial charge < -0.3 is 20.4 Å². The maximum absolute atomic E-state index is 12.5. The summed E-state index contributed by atoms with van der Waals surface area (Å²) in [5, 5.41) is 8.54. The standard InChI is InChI=1S/C25H28BrN7O2S2/c1-32-13-15-33(16-14-32)20-6-4-19(5-7-20)29-25-30-22-10-17-36-23(22)24(31-25)27-11-12-28-37(34,35)21-8-2-18(26)3-9-21/h2-10,17,28H,11-16H2,1H3,(H2,27,29,30,31). The molecule has 0 amide bonds. The van der Waals surface area contributed by atoms with Gasteiger partial charge in [0.25, 0.3) is 0 Å². The summed E-state index contributed by atoms with van der Waals surface area (Å²) in [7, 11) is -1.43. The molecule has 2 aromatic carbocycles. The van der Waals surface area contributed by atoms with Gasteiger partial charge in [-0.15, -0.1) is 11.3 Å². The van der Waals surface area contributed by atoms with Gasteiger partial charge in [0, 0.05) is 55.1 Å². The van der Waals surface area contributed by atoms with E-state index in [1.54, 1.807) is 35.6 Å². The van der Waals surface area contributed by atoms with Gasteiger partial charge in [0.05, 0.1) is 15.1 Å². The normalized spacial score (nSPS) is 14.7. The second kappa shape index (κ2) is 11.3. The van der Waals surface area contributed by atoms with Crippen LogP contribution in [0.5, 0.6) is 0 Å². The number of likely N-dealkylation sites (N-methyl/N-ethyl adjacent to an activating group) is 1. The van der Waals surface area contributed by atoms with E-state index in [1.807, 2.05) is 23.6 Å². The van der Waals surface area contributed by atoms with E-state index in [0.29, 0.717) is 18.3 Å². The fourth-order valence-corrected chi connectivity index (χ4v) is 6.14. The highest BCUT2D eigenvalue weighted by molar-refractivity contribution is 9.10. The Morgan fingerprint density at radius 3 is 2.41 bits per heavy atom. The number of hydrogen-bond donors (Lipinski definition) is 3. The molecule has 12 heteroatoms. The van der Waals surface area contributed by atoms with E-state index < -0.39 is 10.0 Å². The number of anilines is 4. The third-order valence-electron chi connectivity index (χ3n) is 6.13. The summed E-state index contributed by atoms with van der Waals surface area (Å²) in [6.45, 7) is 4.77. The van der Waals surface area contributed by atoms with Crippen LogP contribution in [0.25, 0.3) is 10.2 Å². The molecular weight excluding hydrogens is 574 g/mol. The van der Waals surface area contributed by atoms with Crippen molar-refractivity contribution in [3.05, 3.63) is 64.5 Å². The predicted octanol–water partition coefficient (Wildman–Crippen LogP) is 4.34. The first-order valence-electron chi connectivity index (χ1n) is 11.9. The molecule has 194 valence electrons. The van der Waals surface area contributed by atoms with Crippen LogP contribution in [0.15, 0.2) is 69.3 Å². The molecule has 0 aliphatic carbocycles. The van der Waals surface area contributed by atoms with Crippen molar-refractivity contribution in [2.75, 3.05) is 61.8 Å². The minimum Gasteiger partial charge on any atom is -0.369 e. The third kappa shape index (κ3) is 6.39. The van der Waals surface area contributed by atoms with Crippen molar-refractivity contribution < 1.29 is 8.42 Å². The fourth-order valence-electron chi connectivity index (χ4n) is 4.05.